The molecule has 1 unspecified atom stereocenters. The minimum absolute atomic E-state index is 0.0875. The van der Waals surface area contributed by atoms with Gasteiger partial charge in [-0.3, -0.25) is 24.1 Å². The van der Waals surface area contributed by atoms with Gasteiger partial charge in [-0.25, -0.2) is 0 Å². The second kappa shape index (κ2) is 11.7. The van der Waals surface area contributed by atoms with Crippen LogP contribution in [-0.2, 0) is 23.9 Å². The molecule has 4 rings (SSSR count). The van der Waals surface area contributed by atoms with Crippen molar-refractivity contribution in [3.05, 3.63) is 46.2 Å². The highest BCUT2D eigenvalue weighted by Gasteiger charge is 2.69. The standard InChI is InChI=1S/C28H34N2O11S/c1-4-8-42-10-12-11-6-5-7-13(31)16(11)22(35)18-17(12)24(41-15(34)9-14(32)33)20-21(30(2)3)23(36)19(27(29)39)26(38)28(20,40)25(18)37/h5-7,12,17,20-21,24,27,31,35,38-40H,4,8-10,29H2,1-3H3,(H,32,33)/t12-,17+,20+,21-,24-,27?,28-/m0/s1. The van der Waals surface area contributed by atoms with E-state index in [1.54, 1.807) is 6.07 Å². The predicted octanol–water partition coefficient (Wildman–Crippen LogP) is 0.437. The van der Waals surface area contributed by atoms with Crippen molar-refractivity contribution in [1.29, 1.82) is 0 Å². The third kappa shape index (κ3) is 4.86. The Morgan fingerprint density at radius 2 is 1.86 bits per heavy atom. The van der Waals surface area contributed by atoms with E-state index in [9.17, 15) is 49.8 Å². The highest BCUT2D eigenvalue weighted by Crippen LogP contribution is 2.57. The zero-order chi connectivity index (χ0) is 31.3. The van der Waals surface area contributed by atoms with Gasteiger partial charge in [0.1, 0.15) is 36.0 Å². The molecule has 3 aliphatic rings. The number of phenols is 1. The molecule has 1 aromatic carbocycles. The maximum atomic E-state index is 14.3. The van der Waals surface area contributed by atoms with Crippen molar-refractivity contribution in [2.24, 2.45) is 17.6 Å². The van der Waals surface area contributed by atoms with Gasteiger partial charge in [0.05, 0.1) is 23.1 Å². The molecule has 0 spiro atoms. The molecule has 1 aromatic rings. The van der Waals surface area contributed by atoms with Gasteiger partial charge in [0.15, 0.2) is 11.4 Å². The summed E-state index contributed by atoms with van der Waals surface area (Å²) >= 11 is 1.48. The molecule has 0 aliphatic heterocycles. The number of carboxylic acid groups (broad SMARTS) is 1. The van der Waals surface area contributed by atoms with Crippen LogP contribution in [0.5, 0.6) is 5.75 Å². The maximum Gasteiger partial charge on any atom is 0.317 e. The molecule has 0 aromatic heterocycles. The Morgan fingerprint density at radius 1 is 1.19 bits per heavy atom. The zero-order valence-electron chi connectivity index (χ0n) is 23.2. The van der Waals surface area contributed by atoms with Gasteiger partial charge in [-0.2, -0.15) is 11.8 Å². The number of ether oxygens (including phenoxy) is 1. The Hall–Kier alpha value is -3.43. The Morgan fingerprint density at radius 3 is 2.43 bits per heavy atom. The number of hydrogen-bond acceptors (Lipinski definition) is 13. The number of fused-ring (bicyclic) bond motifs is 3. The summed E-state index contributed by atoms with van der Waals surface area (Å²) in [6.45, 7) is 1.96. The van der Waals surface area contributed by atoms with Gasteiger partial charge >= 0.3 is 11.9 Å². The molecule has 228 valence electrons. The normalized spacial score (nSPS) is 29.6. The van der Waals surface area contributed by atoms with Crippen LogP contribution in [0.2, 0.25) is 0 Å². The lowest BCUT2D eigenvalue weighted by Crippen LogP contribution is -2.71. The summed E-state index contributed by atoms with van der Waals surface area (Å²) in [4.78, 5) is 53.6. The maximum absolute atomic E-state index is 14.3. The summed E-state index contributed by atoms with van der Waals surface area (Å²) in [6.07, 6.45) is -4.05. The summed E-state index contributed by atoms with van der Waals surface area (Å²) in [5.41, 5.74) is 1.51. The average Bonchev–Trinajstić information content (AvgIpc) is 2.88. The van der Waals surface area contributed by atoms with Gasteiger partial charge in [-0.15, -0.1) is 0 Å². The second-order valence-corrected chi connectivity index (χ2v) is 12.0. The molecule has 14 heteroatoms. The van der Waals surface area contributed by atoms with Gasteiger partial charge in [-0.05, 0) is 37.9 Å². The third-order valence-corrected chi connectivity index (χ3v) is 9.36. The third-order valence-electron chi connectivity index (χ3n) is 8.07. The Bertz CT molecular complexity index is 1390. The lowest BCUT2D eigenvalue weighted by Gasteiger charge is -2.55. The van der Waals surface area contributed by atoms with E-state index in [0.29, 0.717) is 11.3 Å². The van der Waals surface area contributed by atoms with E-state index < -0.39 is 94.3 Å². The average molecular weight is 607 g/mol. The molecule has 1 fully saturated rings. The van der Waals surface area contributed by atoms with E-state index >= 15 is 0 Å². The molecule has 3 aliphatic carbocycles. The first-order valence-electron chi connectivity index (χ1n) is 13.3. The van der Waals surface area contributed by atoms with Crippen LogP contribution in [-0.4, -0.2) is 109 Å². The number of phenolic OH excluding ortho intramolecular Hbond substituents is 1. The number of aliphatic hydroxyl groups excluding tert-OH is 3. The van der Waals surface area contributed by atoms with Crippen molar-refractivity contribution in [3.63, 3.8) is 0 Å². The Kier molecular flexibility index (Phi) is 8.77. The van der Waals surface area contributed by atoms with E-state index in [1.807, 2.05) is 6.92 Å². The monoisotopic (exact) mass is 606 g/mol. The number of nitrogens with zero attached hydrogens (tertiary/aromatic N) is 1. The van der Waals surface area contributed by atoms with E-state index in [4.69, 9.17) is 10.5 Å². The molecule has 0 bridgehead atoms. The number of nitrogens with two attached hydrogens (primary N) is 1. The number of ketones is 2. The summed E-state index contributed by atoms with van der Waals surface area (Å²) in [7, 11) is 2.86. The van der Waals surface area contributed by atoms with E-state index in [2.05, 4.69) is 0 Å². The summed E-state index contributed by atoms with van der Waals surface area (Å²) in [6, 6.07) is 2.95. The number of hydrogen-bond donors (Lipinski definition) is 7. The number of Topliss-reactive ketones (excluding diaryl/α,β-unsaturated/α-hetero) is 2. The van der Waals surface area contributed by atoms with Crippen LogP contribution < -0.4 is 5.73 Å². The van der Waals surface area contributed by atoms with Gasteiger partial charge in [0, 0.05) is 23.2 Å². The van der Waals surface area contributed by atoms with Crippen LogP contribution in [0, 0.1) is 11.8 Å². The van der Waals surface area contributed by atoms with Crippen molar-refractivity contribution < 1.29 is 54.6 Å². The number of aliphatic hydroxyl groups is 4. The first-order chi connectivity index (χ1) is 19.7. The molecular formula is C28H34N2O11S. The number of thioether (sulfide) groups is 1. The highest BCUT2D eigenvalue weighted by molar-refractivity contribution is 7.99. The highest BCUT2D eigenvalue weighted by atomic mass is 32.2. The number of rotatable bonds is 9. The van der Waals surface area contributed by atoms with Gasteiger partial charge in [0.25, 0.3) is 0 Å². The van der Waals surface area contributed by atoms with Crippen molar-refractivity contribution >= 4 is 41.0 Å². The number of carbonyl (C=O) groups excluding carboxylic acids is 3. The van der Waals surface area contributed by atoms with E-state index in [1.165, 1.54) is 42.9 Å². The SMILES string of the molecule is CCCSC[C@H]1c2cccc(O)c2C(O)=C2C(=O)[C@]3(O)C(O)=C(C(N)O)C(=O)[C@@H](N(C)C)[C@@H]3[C@@H](OC(=O)CC(=O)O)[C@@H]21. The number of aliphatic carboxylic acids is 1. The van der Waals surface area contributed by atoms with Gasteiger partial charge < -0.3 is 41.1 Å². The van der Waals surface area contributed by atoms with Crippen LogP contribution in [0.25, 0.3) is 5.76 Å². The number of aromatic hydroxyl groups is 1. The van der Waals surface area contributed by atoms with Crippen LogP contribution in [0.15, 0.2) is 35.1 Å². The van der Waals surface area contributed by atoms with Crippen LogP contribution in [0.1, 0.15) is 36.8 Å². The summed E-state index contributed by atoms with van der Waals surface area (Å²) in [5, 5.41) is 65.0. The molecule has 13 nitrogen and oxygen atoms in total. The first-order valence-corrected chi connectivity index (χ1v) is 14.4. The van der Waals surface area contributed by atoms with Crippen LogP contribution in [0.4, 0.5) is 0 Å². The second-order valence-electron chi connectivity index (χ2n) is 10.8. The van der Waals surface area contributed by atoms with Crippen molar-refractivity contribution in [2.75, 3.05) is 25.6 Å². The molecule has 0 saturated heterocycles. The first kappa shape index (κ1) is 31.5. The molecule has 7 atom stereocenters. The predicted molar refractivity (Wildman–Crippen MR) is 149 cm³/mol. The van der Waals surface area contributed by atoms with Gasteiger partial charge in [-0.1, -0.05) is 19.1 Å². The fourth-order valence-corrected chi connectivity index (χ4v) is 7.55. The number of carbonyl (C=O) groups is 4. The lowest BCUT2D eigenvalue weighted by molar-refractivity contribution is -0.186. The quantitative estimate of drug-likeness (QED) is 0.0876. The van der Waals surface area contributed by atoms with Crippen molar-refractivity contribution in [3.8, 4) is 5.75 Å². The largest absolute Gasteiger partial charge is 0.508 e. The zero-order valence-corrected chi connectivity index (χ0v) is 24.0. The molecule has 0 heterocycles. The fraction of sp³-hybridized carbons (Fsp3) is 0.500. The van der Waals surface area contributed by atoms with Crippen LogP contribution >= 0.6 is 11.8 Å². The fourth-order valence-electron chi connectivity index (χ4n) is 6.45. The van der Waals surface area contributed by atoms with Crippen molar-refractivity contribution in [2.45, 2.75) is 49.7 Å². The molecule has 0 amide bonds. The van der Waals surface area contributed by atoms with E-state index in [0.717, 1.165) is 6.42 Å². The molecule has 42 heavy (non-hydrogen) atoms. The number of likely N-dealkylation sites (N-methyl/N-ethyl adjacent to an activating group) is 1. The Labute approximate surface area is 245 Å². The molecule has 8 N–H and O–H groups in total. The van der Waals surface area contributed by atoms with Crippen molar-refractivity contribution in [1.82, 2.24) is 4.90 Å². The number of carboxylic acids is 1. The van der Waals surface area contributed by atoms with E-state index in [-0.39, 0.29) is 17.1 Å². The number of esters is 1. The molecule has 0 radical (unpaired) electrons. The Balaban J connectivity index is 2.08. The summed E-state index contributed by atoms with van der Waals surface area (Å²) < 4.78 is 5.70. The lowest BCUT2D eigenvalue weighted by atomic mass is 9.54. The topological polar surface area (TPSA) is 228 Å². The minimum atomic E-state index is -3.05. The summed E-state index contributed by atoms with van der Waals surface area (Å²) in [5.74, 6) is -10.0. The minimum Gasteiger partial charge on any atom is -0.508 e. The van der Waals surface area contributed by atoms with Crippen LogP contribution in [0.3, 0.4) is 0 Å². The smallest absolute Gasteiger partial charge is 0.317 e. The molecule has 1 saturated carbocycles. The number of benzene rings is 1. The van der Waals surface area contributed by atoms with Gasteiger partial charge in [0.2, 0.25) is 5.78 Å². The molecular weight excluding hydrogens is 572 g/mol.